The fourth-order valence-corrected chi connectivity index (χ4v) is 3.18. The van der Waals surface area contributed by atoms with Gasteiger partial charge in [0.2, 0.25) is 5.95 Å². The first-order valence-electron chi connectivity index (χ1n) is 6.49. The predicted octanol–water partition coefficient (Wildman–Crippen LogP) is 2.69. The van der Waals surface area contributed by atoms with Crippen LogP contribution >= 0.6 is 27.5 Å². The van der Waals surface area contributed by atoms with Crippen LogP contribution in [0.15, 0.2) is 22.7 Å². The highest BCUT2D eigenvalue weighted by Crippen LogP contribution is 2.29. The summed E-state index contributed by atoms with van der Waals surface area (Å²) in [6.45, 7) is 4.95. The van der Waals surface area contributed by atoms with Crippen molar-refractivity contribution in [2.24, 2.45) is 0 Å². The van der Waals surface area contributed by atoms with Crippen LogP contribution in [0.1, 0.15) is 6.92 Å². The molecule has 0 spiro atoms. The lowest BCUT2D eigenvalue weighted by Crippen LogP contribution is -2.49. The molecule has 1 saturated heterocycles. The minimum absolute atomic E-state index is 0.452. The molecule has 0 amide bonds. The van der Waals surface area contributed by atoms with Crippen LogP contribution in [-0.2, 0) is 0 Å². The Morgan fingerprint density at radius 1 is 1.45 bits per heavy atom. The SMILES string of the molecule is CC1CN(c2n[nH]c(-c3ccc(Cl)cc3Br)n2)CCN1. The second-order valence-electron chi connectivity index (χ2n) is 4.91. The zero-order valence-corrected chi connectivity index (χ0v) is 13.4. The number of halogens is 2. The van der Waals surface area contributed by atoms with Gasteiger partial charge in [0, 0.05) is 40.7 Å². The molecule has 5 nitrogen and oxygen atoms in total. The number of aromatic nitrogens is 3. The number of aromatic amines is 1. The number of nitrogens with zero attached hydrogens (tertiary/aromatic N) is 3. The summed E-state index contributed by atoms with van der Waals surface area (Å²) in [5.74, 6) is 1.49. The second kappa shape index (κ2) is 5.71. The van der Waals surface area contributed by atoms with Crippen LogP contribution in [0.2, 0.25) is 5.02 Å². The van der Waals surface area contributed by atoms with Crippen LogP contribution in [0.5, 0.6) is 0 Å². The Morgan fingerprint density at radius 3 is 3.05 bits per heavy atom. The van der Waals surface area contributed by atoms with E-state index in [1.165, 1.54) is 0 Å². The van der Waals surface area contributed by atoms with Crippen molar-refractivity contribution in [1.82, 2.24) is 20.5 Å². The van der Waals surface area contributed by atoms with Crippen molar-refractivity contribution in [1.29, 1.82) is 0 Å². The maximum Gasteiger partial charge on any atom is 0.245 e. The van der Waals surface area contributed by atoms with Gasteiger partial charge in [-0.05, 0) is 41.1 Å². The lowest BCUT2D eigenvalue weighted by Gasteiger charge is -2.30. The minimum Gasteiger partial charge on any atom is -0.337 e. The molecular weight excluding hydrogens is 342 g/mol. The highest BCUT2D eigenvalue weighted by molar-refractivity contribution is 9.10. The summed E-state index contributed by atoms with van der Waals surface area (Å²) in [6.07, 6.45) is 0. The number of benzene rings is 1. The zero-order chi connectivity index (χ0) is 14.1. The van der Waals surface area contributed by atoms with Gasteiger partial charge in [0.15, 0.2) is 5.82 Å². The Bertz CT molecular complexity index is 615. The number of piperazine rings is 1. The highest BCUT2D eigenvalue weighted by Gasteiger charge is 2.20. The summed E-state index contributed by atoms with van der Waals surface area (Å²) < 4.78 is 0.904. The fraction of sp³-hybridized carbons (Fsp3) is 0.385. The van der Waals surface area contributed by atoms with E-state index >= 15 is 0 Å². The molecule has 0 bridgehead atoms. The summed E-state index contributed by atoms with van der Waals surface area (Å²) in [7, 11) is 0. The van der Waals surface area contributed by atoms with E-state index in [1.807, 2.05) is 18.2 Å². The first-order chi connectivity index (χ1) is 9.63. The third kappa shape index (κ3) is 2.82. The molecule has 1 aliphatic heterocycles. The van der Waals surface area contributed by atoms with Crippen molar-refractivity contribution in [3.8, 4) is 11.4 Å². The van der Waals surface area contributed by atoms with E-state index in [9.17, 15) is 0 Å². The van der Waals surface area contributed by atoms with Crippen LogP contribution in [0, 0.1) is 0 Å². The predicted molar refractivity (Wildman–Crippen MR) is 84.2 cm³/mol. The van der Waals surface area contributed by atoms with Crippen LogP contribution in [-0.4, -0.2) is 40.9 Å². The molecule has 20 heavy (non-hydrogen) atoms. The molecule has 1 aliphatic rings. The molecule has 0 radical (unpaired) electrons. The van der Waals surface area contributed by atoms with Gasteiger partial charge in [-0.3, -0.25) is 5.10 Å². The quantitative estimate of drug-likeness (QED) is 0.868. The molecule has 7 heteroatoms. The standard InChI is InChI=1S/C13H15BrClN5/c1-8-7-20(5-4-16-8)13-17-12(18-19-13)10-3-2-9(15)6-11(10)14/h2-3,6,8,16H,4-5,7H2,1H3,(H,17,18,19). The van der Waals surface area contributed by atoms with E-state index in [0.717, 1.165) is 41.4 Å². The smallest absolute Gasteiger partial charge is 0.245 e. The number of hydrogen-bond donors (Lipinski definition) is 2. The average Bonchev–Trinajstić information content (AvgIpc) is 2.88. The topological polar surface area (TPSA) is 56.8 Å². The summed E-state index contributed by atoms with van der Waals surface area (Å²) in [5.41, 5.74) is 0.955. The molecule has 1 aromatic carbocycles. The Balaban J connectivity index is 1.86. The molecule has 2 N–H and O–H groups in total. The molecule has 2 heterocycles. The van der Waals surface area contributed by atoms with Crippen molar-refractivity contribution >= 4 is 33.5 Å². The van der Waals surface area contributed by atoms with E-state index in [0.29, 0.717) is 11.1 Å². The number of hydrogen-bond acceptors (Lipinski definition) is 4. The van der Waals surface area contributed by atoms with Crippen LogP contribution in [0.25, 0.3) is 11.4 Å². The molecule has 3 rings (SSSR count). The largest absolute Gasteiger partial charge is 0.337 e. The maximum atomic E-state index is 5.96. The summed E-state index contributed by atoms with van der Waals surface area (Å²) in [6, 6.07) is 6.08. The molecule has 1 atom stereocenters. The lowest BCUT2D eigenvalue weighted by molar-refractivity contribution is 0.480. The fourth-order valence-electron chi connectivity index (χ4n) is 2.31. The molecule has 1 fully saturated rings. The minimum atomic E-state index is 0.452. The monoisotopic (exact) mass is 355 g/mol. The van der Waals surface area contributed by atoms with E-state index < -0.39 is 0 Å². The average molecular weight is 357 g/mol. The number of H-pyrrole nitrogens is 1. The molecule has 1 unspecified atom stereocenters. The molecular formula is C13H15BrClN5. The van der Waals surface area contributed by atoms with Crippen LogP contribution < -0.4 is 10.2 Å². The van der Waals surface area contributed by atoms with Crippen molar-refractivity contribution in [3.63, 3.8) is 0 Å². The lowest BCUT2D eigenvalue weighted by atomic mass is 10.2. The van der Waals surface area contributed by atoms with E-state index in [4.69, 9.17) is 11.6 Å². The Kier molecular flexibility index (Phi) is 3.96. The van der Waals surface area contributed by atoms with Gasteiger partial charge in [0.25, 0.3) is 0 Å². The van der Waals surface area contributed by atoms with Gasteiger partial charge >= 0.3 is 0 Å². The Hall–Kier alpha value is -1.11. The molecule has 2 aromatic rings. The van der Waals surface area contributed by atoms with Gasteiger partial charge < -0.3 is 10.2 Å². The maximum absolute atomic E-state index is 5.96. The van der Waals surface area contributed by atoms with Gasteiger partial charge in [-0.2, -0.15) is 4.98 Å². The van der Waals surface area contributed by atoms with E-state index in [1.54, 1.807) is 0 Å². The van der Waals surface area contributed by atoms with Crippen molar-refractivity contribution in [3.05, 3.63) is 27.7 Å². The second-order valence-corrected chi connectivity index (χ2v) is 6.20. The first kappa shape index (κ1) is 13.9. The van der Waals surface area contributed by atoms with E-state index in [2.05, 4.69) is 48.3 Å². The van der Waals surface area contributed by atoms with Gasteiger partial charge in [-0.15, -0.1) is 5.10 Å². The van der Waals surface area contributed by atoms with Crippen LogP contribution in [0.3, 0.4) is 0 Å². The Morgan fingerprint density at radius 2 is 2.30 bits per heavy atom. The third-order valence-corrected chi connectivity index (χ3v) is 4.20. The first-order valence-corrected chi connectivity index (χ1v) is 7.67. The zero-order valence-electron chi connectivity index (χ0n) is 11.0. The van der Waals surface area contributed by atoms with Gasteiger partial charge in [0.1, 0.15) is 0 Å². The van der Waals surface area contributed by atoms with Crippen molar-refractivity contribution in [2.45, 2.75) is 13.0 Å². The summed E-state index contributed by atoms with van der Waals surface area (Å²) >= 11 is 9.46. The number of rotatable bonds is 2. The van der Waals surface area contributed by atoms with Crippen LogP contribution in [0.4, 0.5) is 5.95 Å². The Labute approximate surface area is 130 Å². The van der Waals surface area contributed by atoms with Crippen molar-refractivity contribution in [2.75, 3.05) is 24.5 Å². The van der Waals surface area contributed by atoms with Gasteiger partial charge in [0.05, 0.1) is 0 Å². The number of anilines is 1. The molecule has 106 valence electrons. The van der Waals surface area contributed by atoms with Gasteiger partial charge in [-0.25, -0.2) is 0 Å². The van der Waals surface area contributed by atoms with E-state index in [-0.39, 0.29) is 0 Å². The molecule has 0 saturated carbocycles. The molecule has 0 aliphatic carbocycles. The third-order valence-electron chi connectivity index (χ3n) is 3.31. The highest BCUT2D eigenvalue weighted by atomic mass is 79.9. The summed E-state index contributed by atoms with van der Waals surface area (Å²) in [4.78, 5) is 6.77. The molecule has 1 aromatic heterocycles. The summed E-state index contributed by atoms with van der Waals surface area (Å²) in [5, 5.41) is 11.4. The number of nitrogens with one attached hydrogen (secondary N) is 2. The van der Waals surface area contributed by atoms with Crippen molar-refractivity contribution < 1.29 is 0 Å². The normalized spacial score (nSPS) is 19.4. The van der Waals surface area contributed by atoms with Gasteiger partial charge in [-0.1, -0.05) is 11.6 Å².